The van der Waals surface area contributed by atoms with E-state index in [-0.39, 0.29) is 0 Å². The standard InChI is InChI=1S/C6H11NO.CH4O4S/c1-5(7)4-6(2)8-3;1-5-6(2,3)4/h4,7H,1-3H3;1H3,(H,2,3,4). The van der Waals surface area contributed by atoms with Crippen LogP contribution in [0.25, 0.3) is 0 Å². The first-order chi connectivity index (χ1) is 6.22. The van der Waals surface area contributed by atoms with Crippen LogP contribution in [0.3, 0.4) is 0 Å². The van der Waals surface area contributed by atoms with Crippen LogP contribution in [0.5, 0.6) is 0 Å². The molecule has 0 aliphatic rings. The smallest absolute Gasteiger partial charge is 0.397 e. The molecule has 14 heavy (non-hydrogen) atoms. The quantitative estimate of drug-likeness (QED) is 0.424. The Labute approximate surface area is 84.0 Å². The molecule has 0 rings (SSSR count). The molecule has 0 aromatic rings. The fraction of sp³-hybridized carbons (Fsp3) is 0.571. The first kappa shape index (κ1) is 15.5. The number of hydrogen-bond donors (Lipinski definition) is 2. The minimum Gasteiger partial charge on any atom is -0.501 e. The maximum absolute atomic E-state index is 9.33. The van der Waals surface area contributed by atoms with Crippen molar-refractivity contribution in [3.63, 3.8) is 0 Å². The molecule has 0 amide bonds. The number of rotatable bonds is 3. The molecule has 0 atom stereocenters. The average molecular weight is 225 g/mol. The van der Waals surface area contributed by atoms with Crippen LogP contribution in [0.4, 0.5) is 0 Å². The maximum Gasteiger partial charge on any atom is 0.397 e. The molecular weight excluding hydrogens is 210 g/mol. The van der Waals surface area contributed by atoms with E-state index in [1.165, 1.54) is 0 Å². The molecule has 0 saturated carbocycles. The van der Waals surface area contributed by atoms with Crippen molar-refractivity contribution in [2.45, 2.75) is 13.8 Å². The summed E-state index contributed by atoms with van der Waals surface area (Å²) in [6, 6.07) is 0. The number of hydrogen-bond acceptors (Lipinski definition) is 5. The summed E-state index contributed by atoms with van der Waals surface area (Å²) >= 11 is 0. The summed E-state index contributed by atoms with van der Waals surface area (Å²) in [5, 5.41) is 6.97. The molecule has 0 bridgehead atoms. The van der Waals surface area contributed by atoms with Gasteiger partial charge in [0.05, 0.1) is 20.0 Å². The van der Waals surface area contributed by atoms with Gasteiger partial charge in [0.2, 0.25) is 0 Å². The van der Waals surface area contributed by atoms with E-state index in [0.717, 1.165) is 12.9 Å². The second-order valence-corrected chi connectivity index (χ2v) is 3.43. The minimum absolute atomic E-state index is 0.518. The average Bonchev–Trinajstić information content (AvgIpc) is 2.03. The third kappa shape index (κ3) is 17.2. The zero-order valence-electron chi connectivity index (χ0n) is 8.57. The van der Waals surface area contributed by atoms with Crippen LogP contribution in [-0.4, -0.2) is 32.9 Å². The Kier molecular flexibility index (Phi) is 8.31. The molecule has 0 saturated heterocycles. The Balaban J connectivity index is 0. The summed E-state index contributed by atoms with van der Waals surface area (Å²) in [7, 11) is -1.70. The summed E-state index contributed by atoms with van der Waals surface area (Å²) in [6.45, 7) is 3.53. The largest absolute Gasteiger partial charge is 0.501 e. The Hall–Kier alpha value is -0.920. The normalized spacial score (nSPS) is 11.4. The van der Waals surface area contributed by atoms with Gasteiger partial charge in [-0.2, -0.15) is 8.42 Å². The van der Waals surface area contributed by atoms with Crippen LogP contribution < -0.4 is 0 Å². The predicted molar refractivity (Wildman–Crippen MR) is 52.7 cm³/mol. The molecule has 0 radical (unpaired) electrons. The lowest BCUT2D eigenvalue weighted by Crippen LogP contribution is -1.96. The van der Waals surface area contributed by atoms with Gasteiger partial charge in [0, 0.05) is 5.71 Å². The monoisotopic (exact) mass is 225 g/mol. The molecule has 6 nitrogen and oxygen atoms in total. The predicted octanol–water partition coefficient (Wildman–Crippen LogP) is 1.01. The van der Waals surface area contributed by atoms with Crippen molar-refractivity contribution >= 4 is 16.1 Å². The van der Waals surface area contributed by atoms with Crippen molar-refractivity contribution in [3.8, 4) is 0 Å². The second kappa shape index (κ2) is 7.48. The van der Waals surface area contributed by atoms with Gasteiger partial charge in [-0.05, 0) is 19.9 Å². The van der Waals surface area contributed by atoms with E-state index < -0.39 is 10.4 Å². The highest BCUT2D eigenvalue weighted by molar-refractivity contribution is 7.80. The summed E-state index contributed by atoms with van der Waals surface area (Å²) in [5.74, 6) is 0.775. The van der Waals surface area contributed by atoms with Crippen LogP contribution in [-0.2, 0) is 19.3 Å². The van der Waals surface area contributed by atoms with Crippen molar-refractivity contribution in [2.24, 2.45) is 0 Å². The van der Waals surface area contributed by atoms with Gasteiger partial charge in [-0.3, -0.25) is 8.74 Å². The van der Waals surface area contributed by atoms with Crippen molar-refractivity contribution < 1.29 is 21.9 Å². The molecule has 0 aliphatic carbocycles. The zero-order valence-corrected chi connectivity index (χ0v) is 9.38. The van der Waals surface area contributed by atoms with E-state index in [9.17, 15) is 8.42 Å². The Morgan fingerprint density at radius 3 is 1.79 bits per heavy atom. The van der Waals surface area contributed by atoms with Crippen molar-refractivity contribution in [2.75, 3.05) is 14.2 Å². The zero-order chi connectivity index (χ0) is 11.8. The van der Waals surface area contributed by atoms with E-state index in [0.29, 0.717) is 5.71 Å². The lowest BCUT2D eigenvalue weighted by Gasteiger charge is -1.94. The molecule has 0 aromatic heterocycles. The first-order valence-electron chi connectivity index (χ1n) is 3.53. The maximum atomic E-state index is 9.33. The Morgan fingerprint density at radius 2 is 1.71 bits per heavy atom. The van der Waals surface area contributed by atoms with Crippen LogP contribution in [0, 0.1) is 5.41 Å². The number of methoxy groups -OCH3 is 1. The van der Waals surface area contributed by atoms with Gasteiger partial charge in [-0.15, -0.1) is 0 Å². The highest BCUT2D eigenvalue weighted by Crippen LogP contribution is 1.90. The van der Waals surface area contributed by atoms with Gasteiger partial charge < -0.3 is 10.1 Å². The molecule has 0 aromatic carbocycles. The molecular formula is C7H15NO5S. The summed E-state index contributed by atoms with van der Waals surface area (Å²) in [5.41, 5.74) is 0.518. The van der Waals surface area contributed by atoms with E-state index in [1.54, 1.807) is 20.1 Å². The molecule has 0 unspecified atom stereocenters. The lowest BCUT2D eigenvalue weighted by atomic mass is 10.3. The van der Waals surface area contributed by atoms with E-state index in [1.807, 2.05) is 6.92 Å². The van der Waals surface area contributed by atoms with E-state index in [2.05, 4.69) is 4.18 Å². The van der Waals surface area contributed by atoms with Gasteiger partial charge in [0.25, 0.3) is 0 Å². The second-order valence-electron chi connectivity index (χ2n) is 2.24. The summed E-state index contributed by atoms with van der Waals surface area (Å²) < 4.78 is 34.5. The van der Waals surface area contributed by atoms with Crippen LogP contribution >= 0.6 is 0 Å². The Bertz CT molecular complexity index is 293. The van der Waals surface area contributed by atoms with Gasteiger partial charge in [0.15, 0.2) is 0 Å². The highest BCUT2D eigenvalue weighted by Gasteiger charge is 1.94. The van der Waals surface area contributed by atoms with E-state index >= 15 is 0 Å². The van der Waals surface area contributed by atoms with Crippen LogP contribution in [0.2, 0.25) is 0 Å². The number of allylic oxidation sites excluding steroid dienone is 2. The van der Waals surface area contributed by atoms with Gasteiger partial charge in [-0.1, -0.05) is 0 Å². The molecule has 84 valence electrons. The molecule has 2 N–H and O–H groups in total. The summed E-state index contributed by atoms with van der Waals surface area (Å²) in [6.07, 6.45) is 1.67. The topological polar surface area (TPSA) is 96.7 Å². The Morgan fingerprint density at radius 1 is 1.36 bits per heavy atom. The third-order valence-electron chi connectivity index (χ3n) is 0.952. The van der Waals surface area contributed by atoms with Crippen LogP contribution in [0.1, 0.15) is 13.8 Å². The molecule has 0 spiro atoms. The van der Waals surface area contributed by atoms with Gasteiger partial charge in [0.1, 0.15) is 0 Å². The molecule has 0 fully saturated rings. The van der Waals surface area contributed by atoms with Crippen molar-refractivity contribution in [1.29, 1.82) is 5.41 Å². The fourth-order valence-corrected chi connectivity index (χ4v) is 0.364. The SMILES string of the molecule is COC(C)=CC(C)=N.COS(=O)(=O)O. The third-order valence-corrected chi connectivity index (χ3v) is 1.37. The molecule has 0 heterocycles. The van der Waals surface area contributed by atoms with Crippen molar-refractivity contribution in [1.82, 2.24) is 0 Å². The van der Waals surface area contributed by atoms with E-state index in [4.69, 9.17) is 14.7 Å². The van der Waals surface area contributed by atoms with Crippen molar-refractivity contribution in [3.05, 3.63) is 11.8 Å². The highest BCUT2D eigenvalue weighted by atomic mass is 32.3. The van der Waals surface area contributed by atoms with Gasteiger partial charge in [-0.25, -0.2) is 0 Å². The number of ether oxygens (including phenoxy) is 1. The summed E-state index contributed by atoms with van der Waals surface area (Å²) in [4.78, 5) is 0. The lowest BCUT2D eigenvalue weighted by molar-refractivity contribution is 0.294. The first-order valence-corrected chi connectivity index (χ1v) is 4.90. The molecule has 7 heteroatoms. The van der Waals surface area contributed by atoms with Gasteiger partial charge >= 0.3 is 10.4 Å². The van der Waals surface area contributed by atoms with Crippen LogP contribution in [0.15, 0.2) is 11.8 Å². The number of nitrogens with one attached hydrogen (secondary N) is 1. The molecule has 0 aliphatic heterocycles. The fourth-order valence-electron chi connectivity index (χ4n) is 0.364. The minimum atomic E-state index is -4.16.